The van der Waals surface area contributed by atoms with Gasteiger partial charge in [-0.3, -0.25) is 4.55 Å². The van der Waals surface area contributed by atoms with Crippen molar-refractivity contribution >= 4 is 36.8 Å². The molecule has 0 aliphatic carbocycles. The highest BCUT2D eigenvalue weighted by Crippen LogP contribution is 2.26. The van der Waals surface area contributed by atoms with Gasteiger partial charge in [-0.25, -0.2) is 0 Å². The van der Waals surface area contributed by atoms with Gasteiger partial charge in [0.2, 0.25) is 0 Å². The molecule has 0 saturated heterocycles. The molecule has 0 aliphatic heterocycles. The highest BCUT2D eigenvalue weighted by Gasteiger charge is 2.10. The Morgan fingerprint density at radius 2 is 1.87 bits per heavy atom. The van der Waals surface area contributed by atoms with Crippen LogP contribution in [0, 0.1) is 0 Å². The molecule has 0 bridgehead atoms. The predicted octanol–water partition coefficient (Wildman–Crippen LogP) is 2.85. The second-order valence-corrected chi connectivity index (χ2v) is 5.37. The standard InChI is InChI=1S/C10H7BrO3S/c11-10-3-1-2-7-4-5-8(6-9(7)10)15(12,13)14/h1-6H,(H,12,13,14). The second kappa shape index (κ2) is 3.59. The summed E-state index contributed by atoms with van der Waals surface area (Å²) in [5.74, 6) is 0. The lowest BCUT2D eigenvalue weighted by Crippen LogP contribution is -1.97. The molecule has 1 N–H and O–H groups in total. The molecule has 2 rings (SSSR count). The van der Waals surface area contributed by atoms with Gasteiger partial charge < -0.3 is 0 Å². The molecule has 0 saturated carbocycles. The number of hydrogen-bond donors (Lipinski definition) is 1. The van der Waals surface area contributed by atoms with E-state index in [-0.39, 0.29) is 4.90 Å². The van der Waals surface area contributed by atoms with Crippen molar-refractivity contribution in [1.82, 2.24) is 0 Å². The van der Waals surface area contributed by atoms with Crippen molar-refractivity contribution in [1.29, 1.82) is 0 Å². The average Bonchev–Trinajstić information content (AvgIpc) is 2.16. The fourth-order valence-electron chi connectivity index (χ4n) is 1.37. The van der Waals surface area contributed by atoms with Crippen LogP contribution in [0.5, 0.6) is 0 Å². The van der Waals surface area contributed by atoms with Gasteiger partial charge in [0.05, 0.1) is 4.90 Å². The van der Waals surface area contributed by atoms with Crippen molar-refractivity contribution in [2.45, 2.75) is 4.90 Å². The van der Waals surface area contributed by atoms with Crippen LogP contribution in [0.1, 0.15) is 0 Å². The van der Waals surface area contributed by atoms with Crippen molar-refractivity contribution in [3.63, 3.8) is 0 Å². The normalized spacial score (nSPS) is 11.9. The van der Waals surface area contributed by atoms with Crippen LogP contribution in [-0.2, 0) is 10.1 Å². The summed E-state index contributed by atoms with van der Waals surface area (Å²) in [7, 11) is -4.13. The fourth-order valence-corrected chi connectivity index (χ4v) is 2.38. The SMILES string of the molecule is O=S(=O)(O)c1ccc2cccc(Br)c2c1. The van der Waals surface area contributed by atoms with Gasteiger partial charge in [-0.15, -0.1) is 0 Å². The van der Waals surface area contributed by atoms with Crippen molar-refractivity contribution in [2.24, 2.45) is 0 Å². The van der Waals surface area contributed by atoms with Crippen LogP contribution in [0.2, 0.25) is 0 Å². The molecule has 0 unspecified atom stereocenters. The molecule has 2 aromatic rings. The van der Waals surface area contributed by atoms with E-state index in [4.69, 9.17) is 4.55 Å². The van der Waals surface area contributed by atoms with Gasteiger partial charge >= 0.3 is 0 Å². The lowest BCUT2D eigenvalue weighted by Gasteiger charge is -2.02. The quantitative estimate of drug-likeness (QED) is 0.820. The first-order valence-electron chi connectivity index (χ1n) is 4.14. The van der Waals surface area contributed by atoms with E-state index >= 15 is 0 Å². The average molecular weight is 287 g/mol. The van der Waals surface area contributed by atoms with Crippen LogP contribution in [-0.4, -0.2) is 13.0 Å². The molecule has 0 aliphatic rings. The van der Waals surface area contributed by atoms with Crippen LogP contribution in [0.4, 0.5) is 0 Å². The van der Waals surface area contributed by atoms with Gasteiger partial charge in [0.1, 0.15) is 0 Å². The Kier molecular flexibility index (Phi) is 2.54. The van der Waals surface area contributed by atoms with Crippen molar-refractivity contribution in [3.8, 4) is 0 Å². The molecule has 2 aromatic carbocycles. The Hall–Kier alpha value is -0.910. The molecule has 0 fully saturated rings. The first-order valence-corrected chi connectivity index (χ1v) is 6.37. The van der Waals surface area contributed by atoms with Gasteiger partial charge in [0.25, 0.3) is 10.1 Å². The van der Waals surface area contributed by atoms with E-state index in [0.717, 1.165) is 15.2 Å². The molecule has 0 spiro atoms. The molecule has 78 valence electrons. The van der Waals surface area contributed by atoms with E-state index in [1.54, 1.807) is 6.07 Å². The molecule has 15 heavy (non-hydrogen) atoms. The number of fused-ring (bicyclic) bond motifs is 1. The van der Waals surface area contributed by atoms with E-state index in [9.17, 15) is 8.42 Å². The Bertz CT molecular complexity index is 620. The van der Waals surface area contributed by atoms with Crippen LogP contribution in [0.3, 0.4) is 0 Å². The van der Waals surface area contributed by atoms with Crippen LogP contribution >= 0.6 is 15.9 Å². The summed E-state index contributed by atoms with van der Waals surface area (Å²) in [4.78, 5) is -0.0955. The van der Waals surface area contributed by atoms with Crippen LogP contribution in [0.15, 0.2) is 45.8 Å². The highest BCUT2D eigenvalue weighted by atomic mass is 79.9. The van der Waals surface area contributed by atoms with E-state index in [0.29, 0.717) is 0 Å². The summed E-state index contributed by atoms with van der Waals surface area (Å²) in [5, 5.41) is 1.67. The maximum Gasteiger partial charge on any atom is 0.294 e. The van der Waals surface area contributed by atoms with Crippen molar-refractivity contribution < 1.29 is 13.0 Å². The summed E-state index contributed by atoms with van der Waals surface area (Å²) in [5.41, 5.74) is 0. The minimum Gasteiger partial charge on any atom is -0.282 e. The van der Waals surface area contributed by atoms with Gasteiger partial charge in [0, 0.05) is 4.47 Å². The first-order chi connectivity index (χ1) is 6.98. The summed E-state index contributed by atoms with van der Waals surface area (Å²) < 4.78 is 31.5. The zero-order valence-corrected chi connectivity index (χ0v) is 9.92. The van der Waals surface area contributed by atoms with E-state index in [1.807, 2.05) is 18.2 Å². The monoisotopic (exact) mass is 286 g/mol. The van der Waals surface area contributed by atoms with Crippen molar-refractivity contribution in [3.05, 3.63) is 40.9 Å². The molecule has 0 radical (unpaired) electrons. The van der Waals surface area contributed by atoms with E-state index in [1.165, 1.54) is 12.1 Å². The fraction of sp³-hybridized carbons (Fsp3) is 0. The second-order valence-electron chi connectivity index (χ2n) is 3.10. The lowest BCUT2D eigenvalue weighted by molar-refractivity contribution is 0.483. The largest absolute Gasteiger partial charge is 0.294 e. The lowest BCUT2D eigenvalue weighted by atomic mass is 10.1. The molecular formula is C10H7BrO3S. The summed E-state index contributed by atoms with van der Waals surface area (Å²) >= 11 is 3.32. The maximum absolute atomic E-state index is 10.9. The summed E-state index contributed by atoms with van der Waals surface area (Å²) in [6.45, 7) is 0. The first kappa shape index (κ1) is 10.6. The molecule has 0 amide bonds. The smallest absolute Gasteiger partial charge is 0.282 e. The molecule has 5 heteroatoms. The third kappa shape index (κ3) is 2.04. The number of hydrogen-bond acceptors (Lipinski definition) is 2. The summed E-state index contributed by atoms with van der Waals surface area (Å²) in [6.07, 6.45) is 0. The molecular weight excluding hydrogens is 280 g/mol. The Labute approximate surface area is 95.6 Å². The molecule has 3 nitrogen and oxygen atoms in total. The molecule has 0 heterocycles. The van der Waals surface area contributed by atoms with Crippen LogP contribution in [0.25, 0.3) is 10.8 Å². The van der Waals surface area contributed by atoms with Crippen LogP contribution < -0.4 is 0 Å². The van der Waals surface area contributed by atoms with Gasteiger partial charge in [-0.2, -0.15) is 8.42 Å². The Morgan fingerprint density at radius 3 is 2.53 bits per heavy atom. The van der Waals surface area contributed by atoms with Gasteiger partial charge in [0.15, 0.2) is 0 Å². The van der Waals surface area contributed by atoms with Crippen molar-refractivity contribution in [2.75, 3.05) is 0 Å². The number of benzene rings is 2. The topological polar surface area (TPSA) is 54.4 Å². The third-order valence-corrected chi connectivity index (χ3v) is 3.64. The third-order valence-electron chi connectivity index (χ3n) is 2.10. The molecule has 0 aromatic heterocycles. The summed E-state index contributed by atoms with van der Waals surface area (Å²) in [6, 6.07) is 10.0. The highest BCUT2D eigenvalue weighted by molar-refractivity contribution is 9.10. The Morgan fingerprint density at radius 1 is 1.13 bits per heavy atom. The zero-order valence-electron chi connectivity index (χ0n) is 7.51. The van der Waals surface area contributed by atoms with E-state index in [2.05, 4.69) is 15.9 Å². The van der Waals surface area contributed by atoms with Gasteiger partial charge in [-0.1, -0.05) is 34.1 Å². The Balaban J connectivity index is 2.81. The minimum absolute atomic E-state index is 0.0955. The predicted molar refractivity (Wildman–Crippen MR) is 61.5 cm³/mol. The zero-order chi connectivity index (χ0) is 11.1. The molecule has 0 atom stereocenters. The number of rotatable bonds is 1. The minimum atomic E-state index is -4.13. The van der Waals surface area contributed by atoms with E-state index < -0.39 is 10.1 Å². The number of halogens is 1. The van der Waals surface area contributed by atoms with Gasteiger partial charge in [-0.05, 0) is 29.0 Å². The maximum atomic E-state index is 10.9.